The van der Waals surface area contributed by atoms with E-state index in [1.54, 1.807) is 22.0 Å². The molecule has 1 aromatic carbocycles. The SMILES string of the molecule is O=c1ccc2ccccc2n1Cc1sccc1C#CCO. The topological polar surface area (TPSA) is 42.2 Å². The third kappa shape index (κ3) is 2.75. The van der Waals surface area contributed by atoms with Crippen LogP contribution in [-0.2, 0) is 6.54 Å². The molecule has 0 radical (unpaired) electrons. The Labute approximate surface area is 126 Å². The molecule has 0 spiro atoms. The van der Waals surface area contributed by atoms with E-state index in [0.29, 0.717) is 6.54 Å². The van der Waals surface area contributed by atoms with Crippen molar-refractivity contribution in [3.05, 3.63) is 68.6 Å². The predicted octanol–water partition coefficient (Wildman–Crippen LogP) is 2.46. The number of nitrogens with zero attached hydrogens (tertiary/aromatic N) is 1. The highest BCUT2D eigenvalue weighted by molar-refractivity contribution is 7.10. The number of para-hydroxylation sites is 1. The fourth-order valence-electron chi connectivity index (χ4n) is 2.26. The summed E-state index contributed by atoms with van der Waals surface area (Å²) in [5.74, 6) is 5.58. The number of fused-ring (bicyclic) bond motifs is 1. The monoisotopic (exact) mass is 295 g/mol. The minimum Gasteiger partial charge on any atom is -0.384 e. The highest BCUT2D eigenvalue weighted by atomic mass is 32.1. The van der Waals surface area contributed by atoms with Crippen molar-refractivity contribution in [1.82, 2.24) is 4.57 Å². The van der Waals surface area contributed by atoms with Gasteiger partial charge in [-0.15, -0.1) is 11.3 Å². The van der Waals surface area contributed by atoms with Crippen LogP contribution >= 0.6 is 11.3 Å². The molecule has 3 rings (SSSR count). The quantitative estimate of drug-likeness (QED) is 0.738. The fourth-order valence-corrected chi connectivity index (χ4v) is 3.08. The molecule has 4 heteroatoms. The van der Waals surface area contributed by atoms with Gasteiger partial charge in [-0.25, -0.2) is 0 Å². The summed E-state index contributed by atoms with van der Waals surface area (Å²) in [5.41, 5.74) is 1.76. The third-order valence-electron chi connectivity index (χ3n) is 3.25. The Morgan fingerprint density at radius 2 is 2.00 bits per heavy atom. The van der Waals surface area contributed by atoms with Gasteiger partial charge in [0.1, 0.15) is 6.61 Å². The first-order valence-electron chi connectivity index (χ1n) is 6.54. The molecule has 2 aromatic heterocycles. The van der Waals surface area contributed by atoms with Gasteiger partial charge in [-0.2, -0.15) is 0 Å². The summed E-state index contributed by atoms with van der Waals surface area (Å²) in [6, 6.07) is 13.2. The van der Waals surface area contributed by atoms with Crippen LogP contribution in [0.15, 0.2) is 52.6 Å². The molecule has 21 heavy (non-hydrogen) atoms. The van der Waals surface area contributed by atoms with Gasteiger partial charge in [-0.05, 0) is 29.0 Å². The van der Waals surface area contributed by atoms with Crippen molar-refractivity contribution in [3.63, 3.8) is 0 Å². The largest absolute Gasteiger partial charge is 0.384 e. The number of pyridine rings is 1. The van der Waals surface area contributed by atoms with Gasteiger partial charge in [0.25, 0.3) is 5.56 Å². The Hall–Kier alpha value is -2.35. The molecule has 2 heterocycles. The van der Waals surface area contributed by atoms with Gasteiger partial charge in [0, 0.05) is 16.5 Å². The lowest BCUT2D eigenvalue weighted by Gasteiger charge is -2.09. The van der Waals surface area contributed by atoms with Gasteiger partial charge < -0.3 is 9.67 Å². The highest BCUT2D eigenvalue weighted by Gasteiger charge is 2.07. The normalized spacial score (nSPS) is 10.3. The second-order valence-corrected chi connectivity index (χ2v) is 5.53. The van der Waals surface area contributed by atoms with Crippen molar-refractivity contribution in [1.29, 1.82) is 0 Å². The van der Waals surface area contributed by atoms with E-state index in [1.165, 1.54) is 0 Å². The fraction of sp³-hybridized carbons (Fsp3) is 0.118. The number of benzene rings is 1. The molecule has 104 valence electrons. The zero-order chi connectivity index (χ0) is 14.7. The standard InChI is InChI=1S/C17H13NO2S/c19-10-3-5-14-9-11-21-16(14)12-18-15-6-2-1-4-13(15)7-8-17(18)20/h1-2,4,6-9,11,19H,10,12H2. The van der Waals surface area contributed by atoms with E-state index in [4.69, 9.17) is 5.11 Å². The first-order chi connectivity index (χ1) is 10.3. The Morgan fingerprint density at radius 1 is 1.14 bits per heavy atom. The van der Waals surface area contributed by atoms with Crippen molar-refractivity contribution >= 4 is 22.2 Å². The molecule has 0 aliphatic heterocycles. The number of aromatic nitrogens is 1. The highest BCUT2D eigenvalue weighted by Crippen LogP contribution is 2.19. The maximum atomic E-state index is 12.2. The summed E-state index contributed by atoms with van der Waals surface area (Å²) in [6.07, 6.45) is 0. The number of aliphatic hydroxyl groups is 1. The van der Waals surface area contributed by atoms with Crippen LogP contribution < -0.4 is 5.56 Å². The van der Waals surface area contributed by atoms with Crippen LogP contribution in [0.25, 0.3) is 10.9 Å². The summed E-state index contributed by atoms with van der Waals surface area (Å²) in [7, 11) is 0. The van der Waals surface area contributed by atoms with Crippen molar-refractivity contribution in [3.8, 4) is 11.8 Å². The molecule has 0 bridgehead atoms. The van der Waals surface area contributed by atoms with Crippen molar-refractivity contribution in [2.24, 2.45) is 0 Å². The van der Waals surface area contributed by atoms with Crippen LogP contribution in [0.3, 0.4) is 0 Å². The molecule has 0 atom stereocenters. The molecule has 0 aliphatic rings. The summed E-state index contributed by atoms with van der Waals surface area (Å²) < 4.78 is 1.76. The van der Waals surface area contributed by atoms with Crippen LogP contribution in [0.4, 0.5) is 0 Å². The number of hydrogen-bond acceptors (Lipinski definition) is 3. The van der Waals surface area contributed by atoms with E-state index < -0.39 is 0 Å². The van der Waals surface area contributed by atoms with Crippen molar-refractivity contribution in [2.75, 3.05) is 6.61 Å². The molecular formula is C17H13NO2S. The number of rotatable bonds is 2. The second-order valence-electron chi connectivity index (χ2n) is 4.53. The second kappa shape index (κ2) is 5.96. The molecule has 1 N–H and O–H groups in total. The maximum absolute atomic E-state index is 12.2. The van der Waals surface area contributed by atoms with Crippen LogP contribution in [0.2, 0.25) is 0 Å². The third-order valence-corrected chi connectivity index (χ3v) is 4.15. The van der Waals surface area contributed by atoms with E-state index >= 15 is 0 Å². The number of aliphatic hydroxyl groups excluding tert-OH is 1. The van der Waals surface area contributed by atoms with E-state index in [0.717, 1.165) is 21.3 Å². The zero-order valence-electron chi connectivity index (χ0n) is 11.2. The zero-order valence-corrected chi connectivity index (χ0v) is 12.1. The Kier molecular flexibility index (Phi) is 3.87. The minimum absolute atomic E-state index is 0.0248. The summed E-state index contributed by atoms with van der Waals surface area (Å²) >= 11 is 1.57. The maximum Gasteiger partial charge on any atom is 0.251 e. The van der Waals surface area contributed by atoms with Crippen molar-refractivity contribution < 1.29 is 5.11 Å². The Balaban J connectivity index is 2.09. The summed E-state index contributed by atoms with van der Waals surface area (Å²) in [6.45, 7) is 0.330. The molecule has 0 aliphatic carbocycles. The smallest absolute Gasteiger partial charge is 0.251 e. The van der Waals surface area contributed by atoms with Gasteiger partial charge in [0.2, 0.25) is 0 Å². The molecule has 0 unspecified atom stereocenters. The van der Waals surface area contributed by atoms with Crippen LogP contribution in [-0.4, -0.2) is 16.3 Å². The minimum atomic E-state index is -0.163. The van der Waals surface area contributed by atoms with E-state index in [9.17, 15) is 4.79 Å². The Bertz CT molecular complexity index is 896. The van der Waals surface area contributed by atoms with Gasteiger partial charge in [-0.1, -0.05) is 30.0 Å². The summed E-state index contributed by atoms with van der Waals surface area (Å²) in [5, 5.41) is 11.8. The molecule has 3 aromatic rings. The predicted molar refractivity (Wildman–Crippen MR) is 85.6 cm³/mol. The van der Waals surface area contributed by atoms with Crippen molar-refractivity contribution in [2.45, 2.75) is 6.54 Å². The summed E-state index contributed by atoms with van der Waals surface area (Å²) in [4.78, 5) is 13.2. The van der Waals surface area contributed by atoms with Gasteiger partial charge in [0.15, 0.2) is 0 Å². The lowest BCUT2D eigenvalue weighted by Crippen LogP contribution is -2.19. The Morgan fingerprint density at radius 3 is 2.86 bits per heavy atom. The number of thiophene rings is 1. The van der Waals surface area contributed by atoms with E-state index in [2.05, 4.69) is 11.8 Å². The number of hydrogen-bond donors (Lipinski definition) is 1. The molecule has 3 nitrogen and oxygen atoms in total. The average molecular weight is 295 g/mol. The average Bonchev–Trinajstić information content (AvgIpc) is 2.95. The molecule has 0 saturated heterocycles. The van der Waals surface area contributed by atoms with Crippen LogP contribution in [0.1, 0.15) is 10.4 Å². The molecule has 0 saturated carbocycles. The first-order valence-corrected chi connectivity index (χ1v) is 7.42. The van der Waals surface area contributed by atoms with Gasteiger partial charge >= 0.3 is 0 Å². The lowest BCUT2D eigenvalue weighted by atomic mass is 10.2. The lowest BCUT2D eigenvalue weighted by molar-refractivity contribution is 0.350. The van der Waals surface area contributed by atoms with E-state index in [1.807, 2.05) is 41.8 Å². The molecule has 0 amide bonds. The van der Waals surface area contributed by atoms with Gasteiger partial charge in [-0.3, -0.25) is 4.79 Å². The molecular weight excluding hydrogens is 282 g/mol. The van der Waals surface area contributed by atoms with E-state index in [-0.39, 0.29) is 12.2 Å². The first kappa shape index (κ1) is 13.6. The van der Waals surface area contributed by atoms with Gasteiger partial charge in [0.05, 0.1) is 12.1 Å². The van der Waals surface area contributed by atoms with Crippen LogP contribution in [0, 0.1) is 11.8 Å². The molecule has 0 fully saturated rings. The van der Waals surface area contributed by atoms with Crippen LogP contribution in [0.5, 0.6) is 0 Å².